The van der Waals surface area contributed by atoms with Crippen LogP contribution in [0.5, 0.6) is 0 Å². The van der Waals surface area contributed by atoms with E-state index in [1.54, 1.807) is 18.7 Å². The molecule has 0 fully saturated rings. The lowest BCUT2D eigenvalue weighted by molar-refractivity contribution is 0.102. The van der Waals surface area contributed by atoms with Gasteiger partial charge in [-0.1, -0.05) is 33.1 Å². The van der Waals surface area contributed by atoms with Crippen LogP contribution < -0.4 is 11.1 Å². The number of ketones is 1. The highest BCUT2D eigenvalue weighted by Crippen LogP contribution is 2.42. The van der Waals surface area contributed by atoms with Crippen molar-refractivity contribution in [3.8, 4) is 0 Å². The normalized spacial score (nSPS) is 12.4. The molecule has 0 aliphatic carbocycles. The predicted molar refractivity (Wildman–Crippen MR) is 92.4 cm³/mol. The highest BCUT2D eigenvalue weighted by Gasteiger charge is 2.20. The van der Waals surface area contributed by atoms with Crippen LogP contribution in [0, 0.1) is 0 Å². The van der Waals surface area contributed by atoms with Crippen molar-refractivity contribution in [2.75, 3.05) is 17.3 Å². The van der Waals surface area contributed by atoms with Crippen molar-refractivity contribution in [1.29, 1.82) is 0 Å². The van der Waals surface area contributed by atoms with E-state index in [1.807, 2.05) is 6.26 Å². The molecule has 0 aromatic carbocycles. The van der Waals surface area contributed by atoms with Gasteiger partial charge >= 0.3 is 0 Å². The molecule has 3 nitrogen and oxygen atoms in total. The fraction of sp³-hybridized carbons (Fsp3) is 0.667. The van der Waals surface area contributed by atoms with E-state index in [4.69, 9.17) is 5.73 Å². The van der Waals surface area contributed by atoms with Crippen LogP contribution in [0.4, 0.5) is 10.7 Å². The number of thioether (sulfide) groups is 1. The van der Waals surface area contributed by atoms with Gasteiger partial charge in [0.2, 0.25) is 0 Å². The van der Waals surface area contributed by atoms with Gasteiger partial charge in [0.1, 0.15) is 5.00 Å². The molecule has 0 amide bonds. The first-order valence-electron chi connectivity index (χ1n) is 7.28. The van der Waals surface area contributed by atoms with Crippen LogP contribution in [0.2, 0.25) is 0 Å². The molecule has 0 bridgehead atoms. The molecule has 0 saturated carbocycles. The van der Waals surface area contributed by atoms with Crippen LogP contribution in [0.15, 0.2) is 4.90 Å². The minimum Gasteiger partial charge on any atom is -0.396 e. The molecule has 0 aliphatic rings. The van der Waals surface area contributed by atoms with Crippen molar-refractivity contribution >= 4 is 39.6 Å². The molecule has 1 heterocycles. The molecule has 0 aliphatic heterocycles. The summed E-state index contributed by atoms with van der Waals surface area (Å²) < 4.78 is 0. The van der Waals surface area contributed by atoms with Gasteiger partial charge in [0.15, 0.2) is 5.78 Å². The number of hydrogen-bond acceptors (Lipinski definition) is 5. The van der Waals surface area contributed by atoms with Gasteiger partial charge < -0.3 is 11.1 Å². The van der Waals surface area contributed by atoms with Crippen LogP contribution >= 0.6 is 23.1 Å². The summed E-state index contributed by atoms with van der Waals surface area (Å²) in [5, 5.41) is 4.68. The number of carbonyl (C=O) groups is 1. The first-order valence-corrected chi connectivity index (χ1v) is 9.32. The molecule has 1 aromatic rings. The molecular weight excluding hydrogens is 288 g/mol. The Labute approximate surface area is 130 Å². The molecule has 1 rings (SSSR count). The maximum absolute atomic E-state index is 11.6. The van der Waals surface area contributed by atoms with E-state index in [2.05, 4.69) is 19.2 Å². The Hall–Kier alpha value is -0.680. The Kier molecular flexibility index (Phi) is 7.45. The molecule has 114 valence electrons. The fourth-order valence-corrected chi connectivity index (χ4v) is 4.26. The number of hydrogen-bond donors (Lipinski definition) is 2. The minimum atomic E-state index is 0.0523. The van der Waals surface area contributed by atoms with E-state index >= 15 is 0 Å². The van der Waals surface area contributed by atoms with Gasteiger partial charge in [0.05, 0.1) is 15.5 Å². The van der Waals surface area contributed by atoms with Gasteiger partial charge in [0.25, 0.3) is 0 Å². The zero-order valence-corrected chi connectivity index (χ0v) is 14.5. The van der Waals surface area contributed by atoms with E-state index in [0.717, 1.165) is 22.7 Å². The molecule has 3 N–H and O–H groups in total. The molecule has 20 heavy (non-hydrogen) atoms. The maximum atomic E-state index is 11.6. The zero-order chi connectivity index (χ0) is 15.1. The molecule has 0 radical (unpaired) electrons. The first kappa shape index (κ1) is 17.4. The van der Waals surface area contributed by atoms with E-state index in [-0.39, 0.29) is 5.78 Å². The fourth-order valence-electron chi connectivity index (χ4n) is 2.26. The Balaban J connectivity index is 2.93. The van der Waals surface area contributed by atoms with Crippen LogP contribution in [0.1, 0.15) is 62.5 Å². The summed E-state index contributed by atoms with van der Waals surface area (Å²) in [7, 11) is 0. The van der Waals surface area contributed by atoms with Gasteiger partial charge in [-0.05, 0) is 19.1 Å². The van der Waals surface area contributed by atoms with Crippen LogP contribution in [-0.4, -0.2) is 18.1 Å². The van der Waals surface area contributed by atoms with E-state index < -0.39 is 0 Å². The molecule has 1 unspecified atom stereocenters. The van der Waals surface area contributed by atoms with Crippen molar-refractivity contribution in [2.45, 2.75) is 63.8 Å². The Morgan fingerprint density at radius 1 is 1.35 bits per heavy atom. The summed E-state index contributed by atoms with van der Waals surface area (Å²) in [6, 6.07) is 0.476. The summed E-state index contributed by atoms with van der Waals surface area (Å²) in [5.74, 6) is 0.0523. The van der Waals surface area contributed by atoms with Crippen LogP contribution in [-0.2, 0) is 0 Å². The number of nitrogens with two attached hydrogens (primary N) is 1. The number of thiophene rings is 1. The quantitative estimate of drug-likeness (QED) is 0.496. The van der Waals surface area contributed by atoms with Crippen molar-refractivity contribution in [3.63, 3.8) is 0 Å². The van der Waals surface area contributed by atoms with Crippen LogP contribution in [0.3, 0.4) is 0 Å². The summed E-state index contributed by atoms with van der Waals surface area (Å²) >= 11 is 3.11. The highest BCUT2D eigenvalue weighted by molar-refractivity contribution is 7.99. The largest absolute Gasteiger partial charge is 0.396 e. The number of nitrogens with one attached hydrogen (secondary N) is 1. The monoisotopic (exact) mass is 314 g/mol. The smallest absolute Gasteiger partial charge is 0.171 e. The second kappa shape index (κ2) is 8.57. The van der Waals surface area contributed by atoms with Crippen molar-refractivity contribution in [2.24, 2.45) is 0 Å². The molecule has 0 saturated heterocycles. The summed E-state index contributed by atoms with van der Waals surface area (Å²) in [6.07, 6.45) is 7.94. The Bertz CT molecular complexity index is 443. The topological polar surface area (TPSA) is 55.1 Å². The van der Waals surface area contributed by atoms with Crippen molar-refractivity contribution in [3.05, 3.63) is 4.88 Å². The number of Topliss-reactive ketones (excluding diaryl/α,β-unsaturated/α-hetero) is 1. The highest BCUT2D eigenvalue weighted by atomic mass is 32.2. The summed E-state index contributed by atoms with van der Waals surface area (Å²) in [4.78, 5) is 13.3. The Morgan fingerprint density at radius 3 is 2.55 bits per heavy atom. The number of anilines is 2. The number of unbranched alkanes of at least 4 members (excludes halogenated alkanes) is 1. The van der Waals surface area contributed by atoms with Crippen molar-refractivity contribution in [1.82, 2.24) is 0 Å². The minimum absolute atomic E-state index is 0.0523. The summed E-state index contributed by atoms with van der Waals surface area (Å²) in [5.41, 5.74) is 6.74. The van der Waals surface area contributed by atoms with Gasteiger partial charge in [-0.2, -0.15) is 0 Å². The maximum Gasteiger partial charge on any atom is 0.171 e. The van der Waals surface area contributed by atoms with E-state index in [9.17, 15) is 4.79 Å². The van der Waals surface area contributed by atoms with Gasteiger partial charge in [-0.15, -0.1) is 23.1 Å². The van der Waals surface area contributed by atoms with Gasteiger partial charge in [0, 0.05) is 13.0 Å². The molecule has 1 aromatic heterocycles. The van der Waals surface area contributed by atoms with Gasteiger partial charge in [-0.3, -0.25) is 4.79 Å². The molecule has 5 heteroatoms. The third kappa shape index (κ3) is 4.42. The van der Waals surface area contributed by atoms with E-state index in [0.29, 0.717) is 16.6 Å². The van der Waals surface area contributed by atoms with E-state index in [1.165, 1.54) is 30.6 Å². The Morgan fingerprint density at radius 2 is 2.05 bits per heavy atom. The number of rotatable bonds is 9. The lowest BCUT2D eigenvalue weighted by atomic mass is 10.1. The van der Waals surface area contributed by atoms with Crippen molar-refractivity contribution < 1.29 is 4.79 Å². The summed E-state index contributed by atoms with van der Waals surface area (Å²) in [6.45, 7) is 6.00. The van der Waals surface area contributed by atoms with Gasteiger partial charge in [-0.25, -0.2) is 0 Å². The molecule has 0 spiro atoms. The zero-order valence-electron chi connectivity index (χ0n) is 12.9. The average molecular weight is 315 g/mol. The third-order valence-electron chi connectivity index (χ3n) is 3.30. The van der Waals surface area contributed by atoms with Crippen LogP contribution in [0.25, 0.3) is 0 Å². The lowest BCUT2D eigenvalue weighted by Crippen LogP contribution is -2.18. The molecular formula is C15H26N2OS2. The molecule has 1 atom stereocenters. The third-order valence-corrected chi connectivity index (χ3v) is 5.50. The number of carbonyl (C=O) groups excluding carboxylic acids is 1. The first-order chi connectivity index (χ1) is 9.54. The average Bonchev–Trinajstić information content (AvgIpc) is 2.72. The second-order valence-corrected chi connectivity index (χ2v) is 6.87. The standard InChI is InChI=1S/C15H26N2OS2/c1-5-7-9-11(8-6-2)17-15-14(19-4)12(16)13(20-15)10(3)18/h11,17H,5-9,16H2,1-4H3. The predicted octanol–water partition coefficient (Wildman–Crippen LogP) is 5.03. The second-order valence-electron chi connectivity index (χ2n) is 5.04. The lowest BCUT2D eigenvalue weighted by Gasteiger charge is -2.18. The SMILES string of the molecule is CCCCC(CCC)Nc1sc(C(C)=O)c(N)c1SC. The number of nitrogen functional groups attached to an aromatic ring is 1.